The number of halogens is 1. The Bertz CT molecular complexity index is 346. The van der Waals surface area contributed by atoms with E-state index < -0.39 is 0 Å². The van der Waals surface area contributed by atoms with E-state index in [2.05, 4.69) is 13.8 Å². The van der Waals surface area contributed by atoms with Crippen LogP contribution in [0.3, 0.4) is 0 Å². The van der Waals surface area contributed by atoms with Crippen LogP contribution in [0.4, 0.5) is 4.39 Å². The normalized spacial score (nSPS) is 34.9. The topological polar surface area (TPSA) is 20.2 Å². The largest absolute Gasteiger partial charge is 0.393 e. The Morgan fingerprint density at radius 3 is 2.47 bits per heavy atom. The van der Waals surface area contributed by atoms with Crippen LogP contribution >= 0.6 is 0 Å². The van der Waals surface area contributed by atoms with Crippen molar-refractivity contribution in [3.63, 3.8) is 0 Å². The molecule has 1 aromatic carbocycles. The van der Waals surface area contributed by atoms with Crippen LogP contribution in [0.25, 0.3) is 0 Å². The smallest absolute Gasteiger partial charge is 0.123 e. The minimum Gasteiger partial charge on any atom is -0.393 e. The van der Waals surface area contributed by atoms with Gasteiger partial charge in [-0.1, -0.05) is 26.0 Å². The van der Waals surface area contributed by atoms with Gasteiger partial charge in [-0.3, -0.25) is 0 Å². The van der Waals surface area contributed by atoms with E-state index in [4.69, 9.17) is 0 Å². The third-order valence-corrected chi connectivity index (χ3v) is 4.05. The minimum absolute atomic E-state index is 0.0299. The summed E-state index contributed by atoms with van der Waals surface area (Å²) in [6.07, 6.45) is 1.55. The van der Waals surface area contributed by atoms with Crippen LogP contribution in [0.15, 0.2) is 24.3 Å². The Morgan fingerprint density at radius 1 is 1.40 bits per heavy atom. The third-order valence-electron chi connectivity index (χ3n) is 4.05. The molecule has 0 bridgehead atoms. The summed E-state index contributed by atoms with van der Waals surface area (Å²) < 4.78 is 12.8. The van der Waals surface area contributed by atoms with Crippen molar-refractivity contribution in [3.05, 3.63) is 35.6 Å². The molecule has 1 fully saturated rings. The van der Waals surface area contributed by atoms with Crippen LogP contribution in [0.5, 0.6) is 0 Å². The van der Waals surface area contributed by atoms with Crippen LogP contribution in [0.1, 0.15) is 38.2 Å². The number of benzene rings is 1. The van der Waals surface area contributed by atoms with Gasteiger partial charge in [-0.15, -0.1) is 0 Å². The average Bonchev–Trinajstić information content (AvgIpc) is 2.26. The molecule has 1 aliphatic carbocycles. The van der Waals surface area contributed by atoms with Crippen molar-refractivity contribution in [2.24, 2.45) is 5.41 Å². The average molecular weight is 208 g/mol. The lowest BCUT2D eigenvalue weighted by Gasteiger charge is -2.51. The van der Waals surface area contributed by atoms with Crippen molar-refractivity contribution in [2.45, 2.75) is 38.7 Å². The number of aliphatic hydroxyl groups excluding tert-OH is 1. The maximum absolute atomic E-state index is 12.8. The molecule has 2 heteroatoms. The van der Waals surface area contributed by atoms with Gasteiger partial charge in [0.1, 0.15) is 5.82 Å². The van der Waals surface area contributed by atoms with Gasteiger partial charge < -0.3 is 5.11 Å². The second kappa shape index (κ2) is 3.60. The molecule has 0 amide bonds. The summed E-state index contributed by atoms with van der Waals surface area (Å²) in [5, 5.41) is 9.78. The zero-order chi connectivity index (χ0) is 11.1. The zero-order valence-corrected chi connectivity index (χ0v) is 9.20. The third kappa shape index (κ3) is 1.57. The van der Waals surface area contributed by atoms with E-state index in [0.717, 1.165) is 18.4 Å². The van der Waals surface area contributed by atoms with E-state index in [-0.39, 0.29) is 17.3 Å². The maximum Gasteiger partial charge on any atom is 0.123 e. The molecule has 1 saturated carbocycles. The van der Waals surface area contributed by atoms with E-state index in [9.17, 15) is 9.50 Å². The van der Waals surface area contributed by atoms with Crippen molar-refractivity contribution in [1.82, 2.24) is 0 Å². The molecular formula is C13H17FO. The van der Waals surface area contributed by atoms with Gasteiger partial charge in [0, 0.05) is 5.41 Å². The first-order valence-corrected chi connectivity index (χ1v) is 5.51. The molecule has 15 heavy (non-hydrogen) atoms. The summed E-state index contributed by atoms with van der Waals surface area (Å²) in [4.78, 5) is 0. The molecule has 0 aromatic heterocycles. The summed E-state index contributed by atoms with van der Waals surface area (Å²) >= 11 is 0. The molecule has 0 spiro atoms. The molecule has 1 aromatic rings. The molecule has 1 aliphatic rings. The number of hydrogen-bond acceptors (Lipinski definition) is 1. The zero-order valence-electron chi connectivity index (χ0n) is 9.20. The first kappa shape index (κ1) is 10.6. The standard InChI is InChI=1S/C13H17FO/c1-3-13(2)11(8-12(13)15)9-4-6-10(14)7-5-9/h4-7,11-12,15H,3,8H2,1-2H3. The SMILES string of the molecule is CCC1(C)C(O)CC1c1ccc(F)cc1. The lowest BCUT2D eigenvalue weighted by atomic mass is 9.55. The van der Waals surface area contributed by atoms with Crippen molar-refractivity contribution >= 4 is 0 Å². The predicted molar refractivity (Wildman–Crippen MR) is 58.2 cm³/mol. The lowest BCUT2D eigenvalue weighted by molar-refractivity contribution is -0.0777. The van der Waals surface area contributed by atoms with E-state index in [1.165, 1.54) is 12.1 Å². The molecular weight excluding hydrogens is 191 g/mol. The Kier molecular flexibility index (Phi) is 2.55. The first-order valence-electron chi connectivity index (χ1n) is 5.51. The van der Waals surface area contributed by atoms with Crippen LogP contribution in [0.2, 0.25) is 0 Å². The highest BCUT2D eigenvalue weighted by atomic mass is 19.1. The highest BCUT2D eigenvalue weighted by Crippen LogP contribution is 2.54. The Morgan fingerprint density at radius 2 is 2.00 bits per heavy atom. The molecule has 0 aliphatic heterocycles. The summed E-state index contributed by atoms with van der Waals surface area (Å²) in [5.74, 6) is 0.176. The second-order valence-corrected chi connectivity index (χ2v) is 4.72. The molecule has 1 N–H and O–H groups in total. The van der Waals surface area contributed by atoms with Crippen molar-refractivity contribution in [2.75, 3.05) is 0 Å². The van der Waals surface area contributed by atoms with Crippen LogP contribution in [0, 0.1) is 11.2 Å². The van der Waals surface area contributed by atoms with Gasteiger partial charge in [-0.05, 0) is 36.5 Å². The van der Waals surface area contributed by atoms with E-state index in [1.807, 2.05) is 12.1 Å². The predicted octanol–water partition coefficient (Wildman–Crippen LogP) is 3.09. The maximum atomic E-state index is 12.8. The Balaban J connectivity index is 2.23. The molecule has 82 valence electrons. The summed E-state index contributed by atoms with van der Waals surface area (Å²) in [6, 6.07) is 6.66. The van der Waals surface area contributed by atoms with Crippen LogP contribution in [-0.2, 0) is 0 Å². The minimum atomic E-state index is -0.211. The van der Waals surface area contributed by atoms with Gasteiger partial charge in [-0.25, -0.2) is 4.39 Å². The molecule has 3 atom stereocenters. The van der Waals surface area contributed by atoms with Crippen LogP contribution < -0.4 is 0 Å². The monoisotopic (exact) mass is 208 g/mol. The molecule has 3 unspecified atom stereocenters. The number of aliphatic hydroxyl groups is 1. The first-order chi connectivity index (χ1) is 7.08. The van der Waals surface area contributed by atoms with E-state index in [1.54, 1.807) is 0 Å². The fourth-order valence-corrected chi connectivity index (χ4v) is 2.53. The summed E-state index contributed by atoms with van der Waals surface area (Å²) in [6.45, 7) is 4.20. The van der Waals surface area contributed by atoms with Gasteiger partial charge in [0.25, 0.3) is 0 Å². The highest BCUT2D eigenvalue weighted by Gasteiger charge is 2.49. The fourth-order valence-electron chi connectivity index (χ4n) is 2.53. The second-order valence-electron chi connectivity index (χ2n) is 4.72. The van der Waals surface area contributed by atoms with E-state index >= 15 is 0 Å². The molecule has 1 nitrogen and oxygen atoms in total. The number of rotatable bonds is 2. The van der Waals surface area contributed by atoms with Gasteiger partial charge >= 0.3 is 0 Å². The Labute approximate surface area is 89.9 Å². The fraction of sp³-hybridized carbons (Fsp3) is 0.538. The van der Waals surface area contributed by atoms with Gasteiger partial charge in [0.2, 0.25) is 0 Å². The molecule has 0 radical (unpaired) electrons. The highest BCUT2D eigenvalue weighted by molar-refractivity contribution is 5.27. The van der Waals surface area contributed by atoms with Crippen molar-refractivity contribution < 1.29 is 9.50 Å². The van der Waals surface area contributed by atoms with E-state index in [0.29, 0.717) is 5.92 Å². The van der Waals surface area contributed by atoms with Gasteiger partial charge in [0.15, 0.2) is 0 Å². The molecule has 0 saturated heterocycles. The summed E-state index contributed by atoms with van der Waals surface area (Å²) in [5.41, 5.74) is 1.11. The van der Waals surface area contributed by atoms with Gasteiger partial charge in [0.05, 0.1) is 6.10 Å². The van der Waals surface area contributed by atoms with Crippen molar-refractivity contribution in [1.29, 1.82) is 0 Å². The summed E-state index contributed by atoms with van der Waals surface area (Å²) in [7, 11) is 0. The van der Waals surface area contributed by atoms with Gasteiger partial charge in [-0.2, -0.15) is 0 Å². The lowest BCUT2D eigenvalue weighted by Crippen LogP contribution is -2.49. The molecule has 2 rings (SSSR count). The Hall–Kier alpha value is -0.890. The quantitative estimate of drug-likeness (QED) is 0.791. The molecule has 0 heterocycles. The van der Waals surface area contributed by atoms with Crippen molar-refractivity contribution in [3.8, 4) is 0 Å². The van der Waals surface area contributed by atoms with Crippen LogP contribution in [-0.4, -0.2) is 11.2 Å². The number of hydrogen-bond donors (Lipinski definition) is 1.